The number of hydrogen-bond donors (Lipinski definition) is 0. The van der Waals surface area contributed by atoms with Crippen molar-refractivity contribution in [2.45, 2.75) is 32.7 Å². The molecular formula is C14H16N2O3. The molecule has 0 radical (unpaired) electrons. The number of hydrogen-bond acceptors (Lipinski definition) is 4. The zero-order chi connectivity index (χ0) is 13.4. The molecular weight excluding hydrogens is 244 g/mol. The van der Waals surface area contributed by atoms with Gasteiger partial charge in [-0.1, -0.05) is 5.16 Å². The van der Waals surface area contributed by atoms with Crippen LogP contribution in [0.3, 0.4) is 0 Å². The summed E-state index contributed by atoms with van der Waals surface area (Å²) in [7, 11) is 0. The second-order valence-corrected chi connectivity index (χ2v) is 4.87. The van der Waals surface area contributed by atoms with E-state index in [0.29, 0.717) is 17.0 Å². The van der Waals surface area contributed by atoms with Crippen LogP contribution in [0.1, 0.15) is 46.5 Å². The Bertz CT molecular complexity index is 566. The largest absolute Gasteiger partial charge is 0.467 e. The molecule has 1 aliphatic rings. The number of rotatable bonds is 2. The smallest absolute Gasteiger partial charge is 0.259 e. The first kappa shape index (κ1) is 12.0. The minimum Gasteiger partial charge on any atom is -0.467 e. The summed E-state index contributed by atoms with van der Waals surface area (Å²) in [4.78, 5) is 14.5. The van der Waals surface area contributed by atoms with Gasteiger partial charge in [0.05, 0.1) is 18.0 Å². The third kappa shape index (κ3) is 1.95. The molecule has 1 aliphatic heterocycles. The predicted molar refractivity (Wildman–Crippen MR) is 67.7 cm³/mol. The van der Waals surface area contributed by atoms with Gasteiger partial charge >= 0.3 is 0 Å². The molecule has 0 aromatic carbocycles. The van der Waals surface area contributed by atoms with Crippen molar-refractivity contribution in [2.75, 3.05) is 6.54 Å². The summed E-state index contributed by atoms with van der Waals surface area (Å²) in [6.45, 7) is 4.31. The summed E-state index contributed by atoms with van der Waals surface area (Å²) >= 11 is 0. The maximum absolute atomic E-state index is 12.6. The molecule has 2 aromatic rings. The predicted octanol–water partition coefficient (Wildman–Crippen LogP) is 2.86. The van der Waals surface area contributed by atoms with Gasteiger partial charge in [-0.2, -0.15) is 0 Å². The number of aryl methyl sites for hydroxylation is 2. The van der Waals surface area contributed by atoms with Crippen LogP contribution in [-0.2, 0) is 0 Å². The molecule has 1 saturated heterocycles. The van der Waals surface area contributed by atoms with Crippen molar-refractivity contribution in [3.8, 4) is 0 Å². The third-order valence-electron chi connectivity index (χ3n) is 3.63. The van der Waals surface area contributed by atoms with E-state index in [4.69, 9.17) is 8.94 Å². The van der Waals surface area contributed by atoms with E-state index in [1.54, 1.807) is 20.1 Å². The van der Waals surface area contributed by atoms with Crippen molar-refractivity contribution in [2.24, 2.45) is 0 Å². The Morgan fingerprint density at radius 1 is 1.47 bits per heavy atom. The first-order valence-corrected chi connectivity index (χ1v) is 6.45. The van der Waals surface area contributed by atoms with E-state index in [1.807, 2.05) is 17.0 Å². The fourth-order valence-electron chi connectivity index (χ4n) is 2.72. The zero-order valence-electron chi connectivity index (χ0n) is 11.0. The van der Waals surface area contributed by atoms with E-state index in [2.05, 4.69) is 5.16 Å². The Balaban J connectivity index is 1.91. The number of amides is 1. The van der Waals surface area contributed by atoms with Gasteiger partial charge in [0, 0.05) is 6.54 Å². The summed E-state index contributed by atoms with van der Waals surface area (Å²) in [6.07, 6.45) is 3.56. The SMILES string of the molecule is Cc1noc(C)c1C(=O)N1CCC[C@H]1c1ccco1. The number of furan rings is 1. The van der Waals surface area contributed by atoms with Crippen LogP contribution >= 0.6 is 0 Å². The molecule has 5 nitrogen and oxygen atoms in total. The Kier molecular flexibility index (Phi) is 2.89. The van der Waals surface area contributed by atoms with E-state index >= 15 is 0 Å². The standard InChI is InChI=1S/C14H16N2O3/c1-9-13(10(2)19-15-9)14(17)16-7-3-5-11(16)12-6-4-8-18-12/h4,6,8,11H,3,5,7H2,1-2H3/t11-/m0/s1. The molecule has 0 aliphatic carbocycles. The second kappa shape index (κ2) is 4.57. The molecule has 3 rings (SSSR count). The Hall–Kier alpha value is -2.04. The Morgan fingerprint density at radius 3 is 2.95 bits per heavy atom. The van der Waals surface area contributed by atoms with Crippen LogP contribution in [0.4, 0.5) is 0 Å². The molecule has 3 heterocycles. The van der Waals surface area contributed by atoms with Crippen molar-refractivity contribution in [1.29, 1.82) is 0 Å². The van der Waals surface area contributed by atoms with Crippen molar-refractivity contribution in [3.63, 3.8) is 0 Å². The normalized spacial score (nSPS) is 19.1. The second-order valence-electron chi connectivity index (χ2n) is 4.87. The lowest BCUT2D eigenvalue weighted by Crippen LogP contribution is -2.31. The lowest BCUT2D eigenvalue weighted by atomic mass is 10.1. The van der Waals surface area contributed by atoms with Gasteiger partial charge in [-0.05, 0) is 38.8 Å². The molecule has 1 atom stereocenters. The minimum absolute atomic E-state index is 0.0184. The number of aromatic nitrogens is 1. The summed E-state index contributed by atoms with van der Waals surface area (Å²) in [6, 6.07) is 3.80. The minimum atomic E-state index is -0.0184. The molecule has 2 aromatic heterocycles. The van der Waals surface area contributed by atoms with Crippen LogP contribution in [0.15, 0.2) is 27.3 Å². The van der Waals surface area contributed by atoms with Crippen LogP contribution in [0.2, 0.25) is 0 Å². The first-order chi connectivity index (χ1) is 9.18. The monoisotopic (exact) mass is 260 g/mol. The molecule has 0 bridgehead atoms. The quantitative estimate of drug-likeness (QED) is 0.833. The molecule has 0 N–H and O–H groups in total. The van der Waals surface area contributed by atoms with Gasteiger partial charge in [-0.3, -0.25) is 4.79 Å². The molecule has 0 unspecified atom stereocenters. The van der Waals surface area contributed by atoms with Gasteiger partial charge in [0.1, 0.15) is 17.1 Å². The highest BCUT2D eigenvalue weighted by Gasteiger charge is 2.34. The highest BCUT2D eigenvalue weighted by molar-refractivity contribution is 5.96. The number of carbonyl (C=O) groups is 1. The van der Waals surface area contributed by atoms with E-state index in [1.165, 1.54) is 0 Å². The van der Waals surface area contributed by atoms with E-state index in [-0.39, 0.29) is 11.9 Å². The van der Waals surface area contributed by atoms with Crippen LogP contribution in [0.25, 0.3) is 0 Å². The van der Waals surface area contributed by atoms with E-state index < -0.39 is 0 Å². The first-order valence-electron chi connectivity index (χ1n) is 6.45. The van der Waals surface area contributed by atoms with Crippen molar-refractivity contribution in [1.82, 2.24) is 10.1 Å². The van der Waals surface area contributed by atoms with Crippen LogP contribution in [0.5, 0.6) is 0 Å². The van der Waals surface area contributed by atoms with E-state index in [9.17, 15) is 4.79 Å². The number of nitrogens with zero attached hydrogens (tertiary/aromatic N) is 2. The van der Waals surface area contributed by atoms with Crippen LogP contribution in [-0.4, -0.2) is 22.5 Å². The van der Waals surface area contributed by atoms with Crippen LogP contribution in [0, 0.1) is 13.8 Å². The topological polar surface area (TPSA) is 59.5 Å². The maximum atomic E-state index is 12.6. The zero-order valence-corrected chi connectivity index (χ0v) is 11.0. The molecule has 100 valence electrons. The van der Waals surface area contributed by atoms with Gasteiger partial charge in [0.25, 0.3) is 5.91 Å². The average molecular weight is 260 g/mol. The summed E-state index contributed by atoms with van der Waals surface area (Å²) in [5.41, 5.74) is 1.23. The Labute approximate surface area is 111 Å². The molecule has 1 amide bonds. The van der Waals surface area contributed by atoms with E-state index in [0.717, 1.165) is 25.1 Å². The van der Waals surface area contributed by atoms with Crippen LogP contribution < -0.4 is 0 Å². The van der Waals surface area contributed by atoms with Gasteiger partial charge in [0.2, 0.25) is 0 Å². The summed E-state index contributed by atoms with van der Waals surface area (Å²) < 4.78 is 10.5. The fourth-order valence-corrected chi connectivity index (χ4v) is 2.72. The highest BCUT2D eigenvalue weighted by Crippen LogP contribution is 2.34. The maximum Gasteiger partial charge on any atom is 0.259 e. The molecule has 5 heteroatoms. The summed E-state index contributed by atoms with van der Waals surface area (Å²) in [5.74, 6) is 1.40. The lowest BCUT2D eigenvalue weighted by molar-refractivity contribution is 0.0717. The number of likely N-dealkylation sites (tertiary alicyclic amines) is 1. The van der Waals surface area contributed by atoms with Crippen molar-refractivity contribution >= 4 is 5.91 Å². The van der Waals surface area contributed by atoms with Gasteiger partial charge < -0.3 is 13.8 Å². The number of carbonyl (C=O) groups excluding carboxylic acids is 1. The Morgan fingerprint density at radius 2 is 2.32 bits per heavy atom. The molecule has 1 fully saturated rings. The molecule has 19 heavy (non-hydrogen) atoms. The highest BCUT2D eigenvalue weighted by atomic mass is 16.5. The third-order valence-corrected chi connectivity index (χ3v) is 3.63. The van der Waals surface area contributed by atoms with Crippen molar-refractivity contribution < 1.29 is 13.7 Å². The van der Waals surface area contributed by atoms with Gasteiger partial charge in [-0.15, -0.1) is 0 Å². The fraction of sp³-hybridized carbons (Fsp3) is 0.429. The summed E-state index contributed by atoms with van der Waals surface area (Å²) in [5, 5.41) is 3.85. The van der Waals surface area contributed by atoms with Gasteiger partial charge in [0.15, 0.2) is 0 Å². The lowest BCUT2D eigenvalue weighted by Gasteiger charge is -2.22. The molecule has 0 saturated carbocycles. The average Bonchev–Trinajstić information content (AvgIpc) is 3.08. The van der Waals surface area contributed by atoms with Gasteiger partial charge in [-0.25, -0.2) is 0 Å². The molecule has 0 spiro atoms. The van der Waals surface area contributed by atoms with Crippen molar-refractivity contribution in [3.05, 3.63) is 41.2 Å².